The Kier molecular flexibility index (Phi) is 10.6. The van der Waals surface area contributed by atoms with Crippen LogP contribution in [-0.2, 0) is 21.9 Å². The summed E-state index contributed by atoms with van der Waals surface area (Å²) in [5.41, 5.74) is 3.66. The number of aromatic nitrogens is 2. The van der Waals surface area contributed by atoms with Gasteiger partial charge in [-0.05, 0) is 66.1 Å². The first-order chi connectivity index (χ1) is 24.2. The van der Waals surface area contributed by atoms with Crippen molar-refractivity contribution in [2.45, 2.75) is 29.7 Å². The first-order valence-corrected chi connectivity index (χ1v) is 17.5. The number of aliphatic hydroxyl groups is 1. The molecule has 5 aromatic rings. The number of Topliss-reactive ketones (excluding diaryl/α,β-unsaturated/α-hetero) is 1. The van der Waals surface area contributed by atoms with Gasteiger partial charge >= 0.3 is 5.91 Å². The van der Waals surface area contributed by atoms with Crippen LogP contribution in [0.4, 0.5) is 5.13 Å². The number of ketones is 1. The standard InChI is InChI=1S/C37H32ClN3O7S2/c1-21-8-7-9-22(16-21)19-48-26-14-12-23(13-15-26)32(42)30-31(25-17-28(45-2)34(47-4)29(18-25)46-3)41(35(44)33(30)43)36-39-40-37(50-36)49-20-24-10-5-6-11-27(24)38/h5-18,31,42H,19-20H2,1-4H3. The monoisotopic (exact) mass is 729 g/mol. The Morgan fingerprint density at radius 2 is 1.64 bits per heavy atom. The lowest BCUT2D eigenvalue weighted by molar-refractivity contribution is -0.132. The third-order valence-electron chi connectivity index (χ3n) is 7.97. The van der Waals surface area contributed by atoms with E-state index in [1.165, 1.54) is 38.0 Å². The number of hydrogen-bond donors (Lipinski definition) is 1. The molecule has 256 valence electrons. The molecule has 0 spiro atoms. The molecule has 0 radical (unpaired) electrons. The summed E-state index contributed by atoms with van der Waals surface area (Å²) in [7, 11) is 4.41. The highest BCUT2D eigenvalue weighted by Crippen LogP contribution is 2.48. The van der Waals surface area contributed by atoms with Gasteiger partial charge in [0.25, 0.3) is 5.78 Å². The molecule has 0 saturated carbocycles. The van der Waals surface area contributed by atoms with Crippen LogP contribution < -0.4 is 23.8 Å². The summed E-state index contributed by atoms with van der Waals surface area (Å²) >= 11 is 8.89. The number of ether oxygens (including phenoxy) is 4. The summed E-state index contributed by atoms with van der Waals surface area (Å²) in [5, 5.41) is 21.1. The zero-order valence-corrected chi connectivity index (χ0v) is 29.9. The van der Waals surface area contributed by atoms with Crippen molar-refractivity contribution in [2.24, 2.45) is 0 Å². The van der Waals surface area contributed by atoms with Gasteiger partial charge in [-0.2, -0.15) is 0 Å². The van der Waals surface area contributed by atoms with E-state index in [1.54, 1.807) is 36.4 Å². The van der Waals surface area contributed by atoms with E-state index in [1.807, 2.05) is 55.5 Å². The maximum absolute atomic E-state index is 13.8. The summed E-state index contributed by atoms with van der Waals surface area (Å²) in [6, 6.07) is 24.3. The Bertz CT molecular complexity index is 2060. The van der Waals surface area contributed by atoms with Crippen LogP contribution in [0.15, 0.2) is 94.8 Å². The molecule has 1 aromatic heterocycles. The minimum atomic E-state index is -1.12. The minimum absolute atomic E-state index is 0.141. The van der Waals surface area contributed by atoms with Crippen molar-refractivity contribution in [2.75, 3.05) is 26.2 Å². The molecule has 1 N–H and O–H groups in total. The fourth-order valence-electron chi connectivity index (χ4n) is 5.55. The van der Waals surface area contributed by atoms with E-state index in [2.05, 4.69) is 10.2 Å². The van der Waals surface area contributed by atoms with Crippen LogP contribution >= 0.6 is 34.7 Å². The number of aryl methyl sites for hydroxylation is 1. The number of methoxy groups -OCH3 is 3. The number of hydrogen-bond acceptors (Lipinski definition) is 11. The SMILES string of the molecule is COc1cc(C2C(=C(O)c3ccc(OCc4cccc(C)c4)cc3)C(=O)C(=O)N2c2nnc(SCc3ccccc3Cl)s2)cc(OC)c1OC. The van der Waals surface area contributed by atoms with Gasteiger partial charge in [0.2, 0.25) is 10.9 Å². The second-order valence-corrected chi connectivity index (χ2v) is 13.7. The Morgan fingerprint density at radius 1 is 0.920 bits per heavy atom. The molecule has 13 heteroatoms. The van der Waals surface area contributed by atoms with Gasteiger partial charge in [0.15, 0.2) is 15.8 Å². The average Bonchev–Trinajstić information content (AvgIpc) is 3.70. The molecule has 2 heterocycles. The molecule has 10 nitrogen and oxygen atoms in total. The lowest BCUT2D eigenvalue weighted by Crippen LogP contribution is -2.29. The zero-order valence-electron chi connectivity index (χ0n) is 27.5. The van der Waals surface area contributed by atoms with E-state index < -0.39 is 17.7 Å². The molecule has 4 aromatic carbocycles. The largest absolute Gasteiger partial charge is 0.507 e. The molecule has 0 bridgehead atoms. The van der Waals surface area contributed by atoms with Crippen LogP contribution in [0.25, 0.3) is 5.76 Å². The number of carbonyl (C=O) groups is 2. The van der Waals surface area contributed by atoms with Crippen LogP contribution in [0.1, 0.15) is 33.9 Å². The van der Waals surface area contributed by atoms with Crippen LogP contribution in [0.5, 0.6) is 23.0 Å². The molecule has 6 rings (SSSR count). The van der Waals surface area contributed by atoms with Crippen LogP contribution in [0.2, 0.25) is 5.02 Å². The lowest BCUT2D eigenvalue weighted by atomic mass is 9.94. The highest BCUT2D eigenvalue weighted by Gasteiger charge is 2.49. The minimum Gasteiger partial charge on any atom is -0.507 e. The van der Waals surface area contributed by atoms with E-state index in [0.717, 1.165) is 28.0 Å². The molecule has 1 aliphatic rings. The molecule has 1 atom stereocenters. The van der Waals surface area contributed by atoms with Gasteiger partial charge in [-0.15, -0.1) is 10.2 Å². The molecule has 1 amide bonds. The Labute approximate surface area is 302 Å². The van der Waals surface area contributed by atoms with Gasteiger partial charge in [0, 0.05) is 16.3 Å². The summed E-state index contributed by atoms with van der Waals surface area (Å²) in [4.78, 5) is 28.9. The second kappa shape index (κ2) is 15.2. The average molecular weight is 730 g/mol. The first-order valence-electron chi connectivity index (χ1n) is 15.3. The fraction of sp³-hybridized carbons (Fsp3) is 0.189. The van der Waals surface area contributed by atoms with Gasteiger partial charge in [-0.1, -0.05) is 82.7 Å². The van der Waals surface area contributed by atoms with E-state index in [-0.39, 0.29) is 16.5 Å². The Morgan fingerprint density at radius 3 is 2.30 bits per heavy atom. The van der Waals surface area contributed by atoms with Crippen molar-refractivity contribution in [3.63, 3.8) is 0 Å². The molecule has 50 heavy (non-hydrogen) atoms. The molecular weight excluding hydrogens is 698 g/mol. The molecule has 1 fully saturated rings. The summed E-state index contributed by atoms with van der Waals surface area (Å²) in [6.45, 7) is 2.38. The van der Waals surface area contributed by atoms with Crippen LogP contribution in [0.3, 0.4) is 0 Å². The van der Waals surface area contributed by atoms with Crippen molar-refractivity contribution in [1.82, 2.24) is 10.2 Å². The van der Waals surface area contributed by atoms with Crippen molar-refractivity contribution in [3.8, 4) is 23.0 Å². The highest BCUT2D eigenvalue weighted by molar-refractivity contribution is 8.00. The number of nitrogens with zero attached hydrogens (tertiary/aromatic N) is 3. The second-order valence-electron chi connectivity index (χ2n) is 11.2. The summed E-state index contributed by atoms with van der Waals surface area (Å²) < 4.78 is 23.2. The number of halogens is 1. The smallest absolute Gasteiger partial charge is 0.301 e. The van der Waals surface area contributed by atoms with Crippen LogP contribution in [-0.4, -0.2) is 48.3 Å². The fourth-order valence-corrected chi connectivity index (χ4v) is 7.70. The number of anilines is 1. The summed E-state index contributed by atoms with van der Waals surface area (Å²) in [6.07, 6.45) is 0. The number of amides is 1. The van der Waals surface area contributed by atoms with Gasteiger partial charge in [0.1, 0.15) is 18.1 Å². The number of carbonyl (C=O) groups excluding carboxylic acids is 2. The number of benzene rings is 4. The van der Waals surface area contributed by atoms with Crippen molar-refractivity contribution in [3.05, 3.63) is 123 Å². The predicted octanol–water partition coefficient (Wildman–Crippen LogP) is 8.02. The van der Waals surface area contributed by atoms with Gasteiger partial charge in [-0.25, -0.2) is 0 Å². The Balaban J connectivity index is 1.38. The topological polar surface area (TPSA) is 120 Å². The summed E-state index contributed by atoms with van der Waals surface area (Å²) in [5.74, 6) is -0.108. The third-order valence-corrected chi connectivity index (χ3v) is 10.4. The zero-order chi connectivity index (χ0) is 35.4. The van der Waals surface area contributed by atoms with Crippen molar-refractivity contribution >= 4 is 57.3 Å². The van der Waals surface area contributed by atoms with Crippen molar-refractivity contribution < 1.29 is 33.6 Å². The van der Waals surface area contributed by atoms with Gasteiger partial charge in [-0.3, -0.25) is 14.5 Å². The van der Waals surface area contributed by atoms with Crippen molar-refractivity contribution in [1.29, 1.82) is 0 Å². The normalized spacial score (nSPS) is 15.3. The molecule has 1 unspecified atom stereocenters. The maximum atomic E-state index is 13.8. The number of aliphatic hydroxyl groups excluding tert-OH is 1. The highest BCUT2D eigenvalue weighted by atomic mass is 35.5. The molecule has 1 aliphatic heterocycles. The van der Waals surface area contributed by atoms with Gasteiger partial charge in [0.05, 0.1) is 32.9 Å². The molecular formula is C37H32ClN3O7S2. The number of thioether (sulfide) groups is 1. The van der Waals surface area contributed by atoms with Crippen LogP contribution in [0, 0.1) is 6.92 Å². The third kappa shape index (κ3) is 7.14. The van der Waals surface area contributed by atoms with Gasteiger partial charge < -0.3 is 24.1 Å². The maximum Gasteiger partial charge on any atom is 0.301 e. The van der Waals surface area contributed by atoms with E-state index in [0.29, 0.717) is 55.8 Å². The molecule has 0 aliphatic carbocycles. The van der Waals surface area contributed by atoms with E-state index in [4.69, 9.17) is 30.5 Å². The molecule has 1 saturated heterocycles. The quantitative estimate of drug-likeness (QED) is 0.0444. The Hall–Kier alpha value is -5.04. The number of rotatable bonds is 12. The van der Waals surface area contributed by atoms with E-state index >= 15 is 0 Å². The first kappa shape index (κ1) is 34.8. The lowest BCUT2D eigenvalue weighted by Gasteiger charge is -2.24. The predicted molar refractivity (Wildman–Crippen MR) is 194 cm³/mol. The van der Waals surface area contributed by atoms with E-state index in [9.17, 15) is 14.7 Å².